The zero-order valence-corrected chi connectivity index (χ0v) is 17.9. The zero-order chi connectivity index (χ0) is 29.4. The van der Waals surface area contributed by atoms with Crippen molar-refractivity contribution in [2.24, 2.45) is 0 Å². The van der Waals surface area contributed by atoms with Gasteiger partial charge in [-0.2, -0.15) is 26.3 Å². The highest BCUT2D eigenvalue weighted by molar-refractivity contribution is 6.23. The van der Waals surface area contributed by atoms with Crippen LogP contribution in [0.4, 0.5) is 52.7 Å². The van der Waals surface area contributed by atoms with Gasteiger partial charge in [0.05, 0.1) is 0 Å². The fraction of sp³-hybridized carbons (Fsp3) is 0.286. The summed E-state index contributed by atoms with van der Waals surface area (Å²) in [5, 5.41) is 0. The van der Waals surface area contributed by atoms with Crippen LogP contribution in [-0.4, -0.2) is 42.8 Å². The highest BCUT2D eigenvalue weighted by Gasteiger charge is 2.80. The Morgan fingerprint density at radius 1 is 0.474 bits per heavy atom. The predicted octanol–water partition coefficient (Wildman–Crippen LogP) is 5.68. The average molecular weight is 570 g/mol. The molecule has 0 aliphatic rings. The number of halogens is 12. The van der Waals surface area contributed by atoms with Crippen LogP contribution in [0.15, 0.2) is 60.7 Å². The monoisotopic (exact) mass is 570 g/mol. The van der Waals surface area contributed by atoms with E-state index in [1.54, 1.807) is 0 Å². The van der Waals surface area contributed by atoms with Crippen LogP contribution in [0.5, 0.6) is 0 Å². The molecular weight excluding hydrogens is 560 g/mol. The first-order valence-corrected chi connectivity index (χ1v) is 9.52. The Morgan fingerprint density at radius 2 is 0.737 bits per heavy atom. The predicted molar refractivity (Wildman–Crippen MR) is 97.7 cm³/mol. The van der Waals surface area contributed by atoms with Crippen LogP contribution in [0.3, 0.4) is 0 Å². The number of hydrogen-bond donors (Lipinski definition) is 0. The van der Waals surface area contributed by atoms with Crippen molar-refractivity contribution >= 4 is 17.7 Å². The molecule has 38 heavy (non-hydrogen) atoms. The maximum atomic E-state index is 14.5. The summed E-state index contributed by atoms with van der Waals surface area (Å²) in [6.45, 7) is 0. The van der Waals surface area contributed by atoms with Gasteiger partial charge in [-0.1, -0.05) is 60.7 Å². The number of ketones is 1. The van der Waals surface area contributed by atoms with Crippen molar-refractivity contribution in [2.45, 2.75) is 35.9 Å². The van der Waals surface area contributed by atoms with Gasteiger partial charge in [-0.3, -0.25) is 14.4 Å². The van der Waals surface area contributed by atoms with E-state index in [1.807, 2.05) is 0 Å². The molecule has 0 amide bonds. The molecule has 0 spiro atoms. The van der Waals surface area contributed by atoms with Gasteiger partial charge in [0.15, 0.2) is 5.78 Å². The van der Waals surface area contributed by atoms with Crippen molar-refractivity contribution in [3.63, 3.8) is 0 Å². The maximum Gasteiger partial charge on any atom is 0.575 e. The van der Waals surface area contributed by atoms with Gasteiger partial charge < -0.3 is 9.47 Å². The Morgan fingerprint density at radius 3 is 0.947 bits per heavy atom. The number of alkyl halides is 12. The summed E-state index contributed by atoms with van der Waals surface area (Å²) in [5.74, 6) is -11.3. The number of hydrogen-bond acceptors (Lipinski definition) is 5. The van der Waals surface area contributed by atoms with Crippen molar-refractivity contribution in [3.8, 4) is 0 Å². The van der Waals surface area contributed by atoms with Crippen molar-refractivity contribution in [3.05, 3.63) is 71.8 Å². The fourth-order valence-corrected chi connectivity index (χ4v) is 3.52. The molecule has 0 aromatic heterocycles. The van der Waals surface area contributed by atoms with E-state index in [-0.39, 0.29) is 24.3 Å². The number of carbonyl (C=O) groups excluding carboxylic acids is 3. The van der Waals surface area contributed by atoms with Crippen LogP contribution >= 0.6 is 0 Å². The topological polar surface area (TPSA) is 69.7 Å². The van der Waals surface area contributed by atoms with Crippen molar-refractivity contribution in [2.75, 3.05) is 0 Å². The number of ether oxygens (including phenoxy) is 2. The standard InChI is InChI=1S/C21H10F12O5/c22-18(23,24)16(11-7-3-1-4-8-11,14(35)37-20(28,29)30)13(34)17(19(25,26)27,12-9-5-2-6-10-12)15(36)38-21(31,32)33/h1-10H. The summed E-state index contributed by atoms with van der Waals surface area (Å²) in [6, 6.07) is 4.30. The SMILES string of the molecule is O=C(OC(F)(F)F)C(C(=O)C(C(=O)OC(F)(F)F)(c1ccccc1)C(F)(F)F)(c1ccccc1)C(F)(F)F. The molecule has 0 saturated carbocycles. The van der Waals surface area contributed by atoms with Crippen molar-refractivity contribution < 1.29 is 76.5 Å². The van der Waals surface area contributed by atoms with Gasteiger partial charge >= 0.3 is 37.0 Å². The second-order valence-electron chi connectivity index (χ2n) is 7.23. The van der Waals surface area contributed by atoms with Crippen LogP contribution in [0.2, 0.25) is 0 Å². The summed E-state index contributed by atoms with van der Waals surface area (Å²) < 4.78 is 170. The summed E-state index contributed by atoms with van der Waals surface area (Å²) in [6.07, 6.45) is -26.2. The molecule has 5 nitrogen and oxygen atoms in total. The molecule has 0 radical (unpaired) electrons. The molecule has 0 heterocycles. The summed E-state index contributed by atoms with van der Waals surface area (Å²) >= 11 is 0. The highest BCUT2D eigenvalue weighted by atomic mass is 19.4. The van der Waals surface area contributed by atoms with Crippen molar-refractivity contribution in [1.82, 2.24) is 0 Å². The van der Waals surface area contributed by atoms with E-state index >= 15 is 0 Å². The number of carbonyl (C=O) groups is 3. The van der Waals surface area contributed by atoms with Crippen LogP contribution in [-0.2, 0) is 34.7 Å². The molecule has 2 aromatic carbocycles. The smallest absolute Gasteiger partial charge is 0.372 e. The molecule has 17 heteroatoms. The maximum absolute atomic E-state index is 14.5. The summed E-state index contributed by atoms with van der Waals surface area (Å²) in [7, 11) is 0. The van der Waals surface area contributed by atoms with E-state index in [2.05, 4.69) is 9.47 Å². The Bertz CT molecular complexity index is 1080. The number of esters is 2. The average Bonchev–Trinajstić information content (AvgIpc) is 2.71. The minimum Gasteiger partial charge on any atom is -0.372 e. The molecule has 0 aliphatic heterocycles. The fourth-order valence-electron chi connectivity index (χ4n) is 3.52. The second kappa shape index (κ2) is 9.83. The largest absolute Gasteiger partial charge is 0.575 e. The van der Waals surface area contributed by atoms with Gasteiger partial charge in [0.1, 0.15) is 0 Å². The van der Waals surface area contributed by atoms with Gasteiger partial charge in [0.2, 0.25) is 10.8 Å². The lowest BCUT2D eigenvalue weighted by Gasteiger charge is -2.40. The molecular formula is C21H10F12O5. The first-order chi connectivity index (χ1) is 17.1. The molecule has 208 valence electrons. The lowest BCUT2D eigenvalue weighted by molar-refractivity contribution is -0.316. The molecule has 0 N–H and O–H groups in total. The van der Waals surface area contributed by atoms with E-state index in [9.17, 15) is 67.1 Å². The van der Waals surface area contributed by atoms with E-state index in [1.165, 1.54) is 0 Å². The third kappa shape index (κ3) is 5.40. The van der Waals surface area contributed by atoms with E-state index in [4.69, 9.17) is 0 Å². The third-order valence-corrected chi connectivity index (χ3v) is 4.97. The molecule has 2 atom stereocenters. The number of Topliss-reactive ketones (excluding diaryl/α,β-unsaturated/α-hetero) is 1. The van der Waals surface area contributed by atoms with Gasteiger partial charge in [-0.15, -0.1) is 26.3 Å². The highest BCUT2D eigenvalue weighted by Crippen LogP contribution is 2.54. The van der Waals surface area contributed by atoms with Crippen LogP contribution in [0.25, 0.3) is 0 Å². The molecule has 0 aliphatic carbocycles. The van der Waals surface area contributed by atoms with E-state index < -0.39 is 64.8 Å². The molecule has 2 rings (SSSR count). The first-order valence-electron chi connectivity index (χ1n) is 9.52. The van der Waals surface area contributed by atoms with Gasteiger partial charge in [0.25, 0.3) is 0 Å². The Hall–Kier alpha value is -3.79. The van der Waals surface area contributed by atoms with Crippen LogP contribution in [0.1, 0.15) is 11.1 Å². The van der Waals surface area contributed by atoms with Crippen molar-refractivity contribution in [1.29, 1.82) is 0 Å². The lowest BCUT2D eigenvalue weighted by Crippen LogP contribution is -2.68. The van der Waals surface area contributed by atoms with Crippen LogP contribution < -0.4 is 0 Å². The molecule has 0 saturated heterocycles. The lowest BCUT2D eigenvalue weighted by atomic mass is 9.62. The minimum atomic E-state index is -6.77. The first kappa shape index (κ1) is 30.4. The van der Waals surface area contributed by atoms with Gasteiger partial charge in [0, 0.05) is 0 Å². The molecule has 0 fully saturated rings. The normalized spacial score (nSPS) is 16.1. The molecule has 2 unspecified atom stereocenters. The zero-order valence-electron chi connectivity index (χ0n) is 17.9. The molecule has 0 bridgehead atoms. The van der Waals surface area contributed by atoms with Gasteiger partial charge in [-0.25, -0.2) is 0 Å². The molecule has 2 aromatic rings. The number of rotatable bonds is 6. The van der Waals surface area contributed by atoms with Gasteiger partial charge in [-0.05, 0) is 11.1 Å². The Kier molecular flexibility index (Phi) is 7.87. The summed E-state index contributed by atoms with van der Waals surface area (Å²) in [4.78, 5) is 38.4. The second-order valence-corrected chi connectivity index (χ2v) is 7.23. The minimum absolute atomic E-state index is 0.0875. The Labute approximate surface area is 202 Å². The van der Waals surface area contributed by atoms with Crippen LogP contribution in [0, 0.1) is 0 Å². The van der Waals surface area contributed by atoms with E-state index in [0.29, 0.717) is 24.3 Å². The van der Waals surface area contributed by atoms with E-state index in [0.717, 1.165) is 12.1 Å². The summed E-state index contributed by atoms with van der Waals surface area (Å²) in [5.41, 5.74) is -15.2. The quantitative estimate of drug-likeness (QED) is 0.254. The number of benzene rings is 2. The Balaban J connectivity index is 3.18. The third-order valence-electron chi connectivity index (χ3n) is 4.97.